The Morgan fingerprint density at radius 2 is 2.23 bits per heavy atom. The quantitative estimate of drug-likeness (QED) is 0.754. The van der Waals surface area contributed by atoms with Crippen molar-refractivity contribution in [2.45, 2.75) is 44.9 Å². The van der Waals surface area contributed by atoms with Gasteiger partial charge in [-0.3, -0.25) is 0 Å². The molecule has 0 spiro atoms. The Morgan fingerprint density at radius 1 is 1.38 bits per heavy atom. The fraction of sp³-hybridized carbons (Fsp3) is 0.727. The molecule has 0 radical (unpaired) electrons. The first-order chi connectivity index (χ1) is 6.45. The highest BCUT2D eigenvalue weighted by molar-refractivity contribution is 4.86. The van der Waals surface area contributed by atoms with Crippen LogP contribution in [0.2, 0.25) is 0 Å². The Labute approximate surface area is 79.8 Å². The average Bonchev–Trinajstić information content (AvgIpc) is 2.75. The first kappa shape index (κ1) is 8.79. The van der Waals surface area contributed by atoms with Crippen LogP contribution in [0.4, 0.5) is 0 Å². The lowest BCUT2D eigenvalue weighted by molar-refractivity contribution is 0.481. The van der Waals surface area contributed by atoms with E-state index in [1.165, 1.54) is 38.5 Å². The molecule has 0 amide bonds. The van der Waals surface area contributed by atoms with Gasteiger partial charge in [0, 0.05) is 18.8 Å². The van der Waals surface area contributed by atoms with Crippen molar-refractivity contribution in [3.8, 4) is 0 Å². The summed E-state index contributed by atoms with van der Waals surface area (Å²) in [5.74, 6) is 2.17. The highest BCUT2D eigenvalue weighted by Gasteiger charge is 2.14. The average molecular weight is 178 g/mol. The highest BCUT2D eigenvalue weighted by atomic mass is 14.9. The maximum atomic E-state index is 4.22. The number of aromatic amines is 1. The summed E-state index contributed by atoms with van der Waals surface area (Å²) >= 11 is 0. The zero-order valence-corrected chi connectivity index (χ0v) is 8.13. The van der Waals surface area contributed by atoms with Crippen LogP contribution in [0.15, 0.2) is 12.4 Å². The van der Waals surface area contributed by atoms with Crippen molar-refractivity contribution in [2.24, 2.45) is 5.92 Å². The normalized spacial score (nSPS) is 18.2. The Bertz CT molecular complexity index is 222. The van der Waals surface area contributed by atoms with E-state index in [1.54, 1.807) is 0 Å². The lowest BCUT2D eigenvalue weighted by Crippen LogP contribution is -1.95. The summed E-state index contributed by atoms with van der Waals surface area (Å²) in [6.07, 6.45) is 13.4. The van der Waals surface area contributed by atoms with Crippen molar-refractivity contribution >= 4 is 0 Å². The predicted octanol–water partition coefficient (Wildman–Crippen LogP) is 2.92. The zero-order valence-electron chi connectivity index (χ0n) is 8.13. The van der Waals surface area contributed by atoms with Gasteiger partial charge in [-0.1, -0.05) is 32.1 Å². The number of hydrogen-bond donors (Lipinski definition) is 1. The second-order valence-electron chi connectivity index (χ2n) is 4.08. The molecular formula is C11H18N2. The Hall–Kier alpha value is -0.790. The van der Waals surface area contributed by atoms with E-state index in [4.69, 9.17) is 0 Å². The van der Waals surface area contributed by atoms with Crippen LogP contribution in [0.25, 0.3) is 0 Å². The number of rotatable bonds is 4. The van der Waals surface area contributed by atoms with Gasteiger partial charge in [-0.2, -0.15) is 0 Å². The SMILES string of the molecule is c1c[nH]c(CCCC2CCCC2)n1. The van der Waals surface area contributed by atoms with E-state index in [1.807, 2.05) is 12.4 Å². The van der Waals surface area contributed by atoms with Gasteiger partial charge in [-0.25, -0.2) is 4.98 Å². The van der Waals surface area contributed by atoms with Crippen molar-refractivity contribution in [2.75, 3.05) is 0 Å². The van der Waals surface area contributed by atoms with E-state index < -0.39 is 0 Å². The van der Waals surface area contributed by atoms with Gasteiger partial charge in [-0.05, 0) is 12.3 Å². The fourth-order valence-corrected chi connectivity index (χ4v) is 2.29. The Balaban J connectivity index is 1.63. The second-order valence-corrected chi connectivity index (χ2v) is 4.08. The fourth-order valence-electron chi connectivity index (χ4n) is 2.29. The molecular weight excluding hydrogens is 160 g/mol. The van der Waals surface area contributed by atoms with E-state index in [0.29, 0.717) is 0 Å². The van der Waals surface area contributed by atoms with E-state index in [2.05, 4.69) is 9.97 Å². The molecule has 0 bridgehead atoms. The Morgan fingerprint density at radius 3 is 2.92 bits per heavy atom. The molecule has 13 heavy (non-hydrogen) atoms. The molecule has 72 valence electrons. The third-order valence-corrected chi connectivity index (χ3v) is 3.06. The summed E-state index contributed by atoms with van der Waals surface area (Å²) in [7, 11) is 0. The van der Waals surface area contributed by atoms with Gasteiger partial charge in [0.2, 0.25) is 0 Å². The molecule has 0 aromatic carbocycles. The van der Waals surface area contributed by atoms with Gasteiger partial charge in [0.15, 0.2) is 0 Å². The van der Waals surface area contributed by atoms with Crippen LogP contribution >= 0.6 is 0 Å². The molecule has 1 N–H and O–H groups in total. The van der Waals surface area contributed by atoms with Crippen LogP contribution in [0.5, 0.6) is 0 Å². The lowest BCUT2D eigenvalue weighted by Gasteiger charge is -2.06. The predicted molar refractivity (Wildman–Crippen MR) is 53.5 cm³/mol. The molecule has 1 aliphatic carbocycles. The largest absolute Gasteiger partial charge is 0.349 e. The lowest BCUT2D eigenvalue weighted by atomic mass is 10.0. The number of aryl methyl sites for hydroxylation is 1. The zero-order chi connectivity index (χ0) is 8.93. The van der Waals surface area contributed by atoms with Crippen molar-refractivity contribution < 1.29 is 0 Å². The summed E-state index contributed by atoms with van der Waals surface area (Å²) in [5, 5.41) is 0. The van der Waals surface area contributed by atoms with Crippen LogP contribution in [0.1, 0.15) is 44.3 Å². The number of H-pyrrole nitrogens is 1. The molecule has 1 fully saturated rings. The minimum Gasteiger partial charge on any atom is -0.349 e. The van der Waals surface area contributed by atoms with Crippen LogP contribution in [-0.4, -0.2) is 9.97 Å². The third kappa shape index (κ3) is 2.58. The van der Waals surface area contributed by atoms with E-state index >= 15 is 0 Å². The van der Waals surface area contributed by atoms with Crippen molar-refractivity contribution in [1.82, 2.24) is 9.97 Å². The molecule has 2 nitrogen and oxygen atoms in total. The molecule has 1 aromatic rings. The minimum absolute atomic E-state index is 1.02. The summed E-state index contributed by atoms with van der Waals surface area (Å²) in [4.78, 5) is 7.38. The topological polar surface area (TPSA) is 28.7 Å². The molecule has 1 aliphatic rings. The first-order valence-corrected chi connectivity index (χ1v) is 5.43. The molecule has 0 saturated heterocycles. The monoisotopic (exact) mass is 178 g/mol. The molecule has 2 heteroatoms. The standard InChI is InChI=1S/C11H18N2/c1-2-5-10(4-1)6-3-7-11-12-8-9-13-11/h8-10H,1-7H2,(H,12,13). The molecule has 1 saturated carbocycles. The molecule has 0 atom stereocenters. The maximum absolute atomic E-state index is 4.22. The van der Waals surface area contributed by atoms with Crippen LogP contribution in [-0.2, 0) is 6.42 Å². The van der Waals surface area contributed by atoms with E-state index in [-0.39, 0.29) is 0 Å². The van der Waals surface area contributed by atoms with Gasteiger partial charge < -0.3 is 4.98 Å². The number of hydrogen-bond acceptors (Lipinski definition) is 1. The number of imidazole rings is 1. The van der Waals surface area contributed by atoms with Gasteiger partial charge in [-0.15, -0.1) is 0 Å². The smallest absolute Gasteiger partial charge is 0.105 e. The third-order valence-electron chi connectivity index (χ3n) is 3.06. The van der Waals surface area contributed by atoms with E-state index in [9.17, 15) is 0 Å². The molecule has 1 aromatic heterocycles. The summed E-state index contributed by atoms with van der Waals surface area (Å²) in [6.45, 7) is 0. The summed E-state index contributed by atoms with van der Waals surface area (Å²) < 4.78 is 0. The van der Waals surface area contributed by atoms with Gasteiger partial charge in [0.1, 0.15) is 5.82 Å². The van der Waals surface area contributed by atoms with Gasteiger partial charge in [0.05, 0.1) is 0 Å². The minimum atomic E-state index is 1.02. The first-order valence-electron chi connectivity index (χ1n) is 5.43. The number of nitrogens with zero attached hydrogens (tertiary/aromatic N) is 1. The van der Waals surface area contributed by atoms with Gasteiger partial charge >= 0.3 is 0 Å². The van der Waals surface area contributed by atoms with Crippen molar-refractivity contribution in [3.63, 3.8) is 0 Å². The number of nitrogens with one attached hydrogen (secondary N) is 1. The molecule has 1 heterocycles. The van der Waals surface area contributed by atoms with Crippen molar-refractivity contribution in [3.05, 3.63) is 18.2 Å². The summed E-state index contributed by atoms with van der Waals surface area (Å²) in [5.41, 5.74) is 0. The van der Waals surface area contributed by atoms with Gasteiger partial charge in [0.25, 0.3) is 0 Å². The molecule has 0 aliphatic heterocycles. The van der Waals surface area contributed by atoms with Crippen LogP contribution in [0, 0.1) is 5.92 Å². The van der Waals surface area contributed by atoms with Crippen molar-refractivity contribution in [1.29, 1.82) is 0 Å². The summed E-state index contributed by atoms with van der Waals surface area (Å²) in [6, 6.07) is 0. The second kappa shape index (κ2) is 4.45. The van der Waals surface area contributed by atoms with Crippen LogP contribution < -0.4 is 0 Å². The molecule has 2 rings (SSSR count). The van der Waals surface area contributed by atoms with E-state index in [0.717, 1.165) is 18.2 Å². The highest BCUT2D eigenvalue weighted by Crippen LogP contribution is 2.28. The maximum Gasteiger partial charge on any atom is 0.105 e. The Kier molecular flexibility index (Phi) is 3.01. The van der Waals surface area contributed by atoms with Crippen LogP contribution in [0.3, 0.4) is 0 Å². The number of aromatic nitrogens is 2. The molecule has 0 unspecified atom stereocenters.